The first-order valence-corrected chi connectivity index (χ1v) is 13.7. The van der Waals surface area contributed by atoms with E-state index in [9.17, 15) is 14.7 Å². The van der Waals surface area contributed by atoms with Gasteiger partial charge in [-0.2, -0.15) is 0 Å². The number of ether oxygens (including phenoxy) is 2. The molecule has 1 amide bonds. The number of benzene rings is 4. The molecule has 12 heteroatoms. The number of halogens is 2. The molecule has 0 bridgehead atoms. The Hall–Kier alpha value is -5.32. The predicted molar refractivity (Wildman–Crippen MR) is 169 cm³/mol. The second-order valence-corrected chi connectivity index (χ2v) is 10.0. The summed E-state index contributed by atoms with van der Waals surface area (Å²) in [6, 6.07) is 24.4. The fourth-order valence-electron chi connectivity index (χ4n) is 4.32. The van der Waals surface area contributed by atoms with Crippen molar-refractivity contribution in [2.75, 3.05) is 14.2 Å². The number of carbonyl (C=O) groups excluding carboxylic acids is 1. The zero-order valence-corrected chi connectivity index (χ0v) is 24.8. The van der Waals surface area contributed by atoms with Gasteiger partial charge in [0.05, 0.1) is 35.3 Å². The van der Waals surface area contributed by atoms with Crippen LogP contribution in [-0.4, -0.2) is 51.1 Å². The molecule has 44 heavy (non-hydrogen) atoms. The molecule has 220 valence electrons. The van der Waals surface area contributed by atoms with Crippen LogP contribution >= 0.6 is 23.2 Å². The molecule has 6 aromatic rings. The number of hydrogen-bond acceptors (Lipinski definition) is 8. The number of aromatic carboxylic acids is 1. The van der Waals surface area contributed by atoms with Crippen LogP contribution in [0.1, 0.15) is 21.0 Å². The summed E-state index contributed by atoms with van der Waals surface area (Å²) in [5.74, 6) is 0.366. The fraction of sp³-hybridized carbons (Fsp3) is 0.0625. The number of para-hydroxylation sites is 2. The van der Waals surface area contributed by atoms with E-state index in [4.69, 9.17) is 38.4 Å². The molecule has 0 aliphatic rings. The molecule has 0 saturated heterocycles. The first-order chi connectivity index (χ1) is 21.2. The molecular weight excluding hydrogens is 605 g/mol. The predicted octanol–water partition coefficient (Wildman–Crippen LogP) is 6.71. The number of hydrogen-bond donors (Lipinski definition) is 2. The second kappa shape index (κ2) is 12.9. The van der Waals surface area contributed by atoms with Crippen LogP contribution in [0.2, 0.25) is 10.0 Å². The van der Waals surface area contributed by atoms with Crippen molar-refractivity contribution in [3.05, 3.63) is 106 Å². The molecule has 0 aliphatic heterocycles. The van der Waals surface area contributed by atoms with Crippen LogP contribution in [0.25, 0.3) is 44.6 Å². The summed E-state index contributed by atoms with van der Waals surface area (Å²) >= 11 is 12.3. The van der Waals surface area contributed by atoms with Crippen molar-refractivity contribution < 1.29 is 24.2 Å². The maximum atomic E-state index is 11.7. The Morgan fingerprint density at radius 1 is 0.636 bits per heavy atom. The highest BCUT2D eigenvalue weighted by atomic mass is 35.5. The Kier molecular flexibility index (Phi) is 8.84. The number of methoxy groups -OCH3 is 2. The third-order valence-corrected chi connectivity index (χ3v) is 7.10. The number of carbonyl (C=O) groups is 2. The molecule has 0 atom stereocenters. The monoisotopic (exact) mass is 627 g/mol. The van der Waals surface area contributed by atoms with Gasteiger partial charge in [0, 0.05) is 21.9 Å². The lowest BCUT2D eigenvalue weighted by Crippen LogP contribution is -2.15. The Bertz CT molecular complexity index is 1870. The molecule has 0 unspecified atom stereocenters. The van der Waals surface area contributed by atoms with Crippen LogP contribution in [0.4, 0.5) is 0 Å². The molecule has 2 aromatic heterocycles. The summed E-state index contributed by atoms with van der Waals surface area (Å²) in [4.78, 5) is 40.4. The number of amides is 1. The van der Waals surface area contributed by atoms with Crippen molar-refractivity contribution >= 4 is 56.9 Å². The quantitative estimate of drug-likeness (QED) is 0.205. The average molecular weight is 628 g/mol. The molecule has 0 aliphatic carbocycles. The van der Waals surface area contributed by atoms with Crippen LogP contribution in [0.15, 0.2) is 84.9 Å². The number of nitrogens with two attached hydrogens (primary N) is 1. The van der Waals surface area contributed by atoms with Gasteiger partial charge in [0.15, 0.2) is 17.3 Å². The van der Waals surface area contributed by atoms with E-state index < -0.39 is 11.9 Å². The minimum absolute atomic E-state index is 0.0710. The molecular formula is C32H23Cl2N5O5. The lowest BCUT2D eigenvalue weighted by Gasteiger charge is -2.08. The SMILES string of the molecule is COc1ccc(-c2nc(C(=O)O)c3cccc(Cl)c3n2)cc1.COc1ccc(-c2nc(C(N)=O)c3cccc(Cl)c3n2)cc1. The highest BCUT2D eigenvalue weighted by molar-refractivity contribution is 6.36. The first kappa shape index (κ1) is 30.1. The van der Waals surface area contributed by atoms with Crippen LogP contribution < -0.4 is 15.2 Å². The summed E-state index contributed by atoms with van der Waals surface area (Å²) in [5, 5.41) is 11.2. The minimum Gasteiger partial charge on any atom is -0.497 e. The van der Waals surface area contributed by atoms with Crippen LogP contribution in [-0.2, 0) is 0 Å². The number of nitrogens with zero attached hydrogens (tertiary/aromatic N) is 4. The van der Waals surface area contributed by atoms with E-state index in [-0.39, 0.29) is 11.4 Å². The number of carboxylic acids is 1. The van der Waals surface area contributed by atoms with Crippen molar-refractivity contribution in [3.8, 4) is 34.3 Å². The third kappa shape index (κ3) is 6.22. The van der Waals surface area contributed by atoms with Gasteiger partial charge in [0.1, 0.15) is 17.2 Å². The molecule has 3 N–H and O–H groups in total. The highest BCUT2D eigenvalue weighted by Gasteiger charge is 2.17. The van der Waals surface area contributed by atoms with Crippen molar-refractivity contribution in [3.63, 3.8) is 0 Å². The topological polar surface area (TPSA) is 150 Å². The van der Waals surface area contributed by atoms with Gasteiger partial charge in [-0.25, -0.2) is 24.7 Å². The molecule has 0 spiro atoms. The van der Waals surface area contributed by atoms with Gasteiger partial charge in [-0.1, -0.05) is 47.5 Å². The smallest absolute Gasteiger partial charge is 0.355 e. The lowest BCUT2D eigenvalue weighted by molar-refractivity contribution is 0.0692. The van der Waals surface area contributed by atoms with Crippen molar-refractivity contribution in [1.29, 1.82) is 0 Å². The maximum absolute atomic E-state index is 11.7. The van der Waals surface area contributed by atoms with E-state index in [1.165, 1.54) is 0 Å². The van der Waals surface area contributed by atoms with Gasteiger partial charge in [-0.05, 0) is 60.7 Å². The molecule has 0 radical (unpaired) electrons. The van der Waals surface area contributed by atoms with Crippen LogP contribution in [0, 0.1) is 0 Å². The van der Waals surface area contributed by atoms with E-state index in [0.717, 1.165) is 11.3 Å². The van der Waals surface area contributed by atoms with Gasteiger partial charge in [0.25, 0.3) is 5.91 Å². The normalized spacial score (nSPS) is 10.6. The lowest BCUT2D eigenvalue weighted by atomic mass is 10.1. The minimum atomic E-state index is -1.12. The van der Waals surface area contributed by atoms with Gasteiger partial charge >= 0.3 is 5.97 Å². The van der Waals surface area contributed by atoms with Crippen molar-refractivity contribution in [2.45, 2.75) is 0 Å². The van der Waals surface area contributed by atoms with E-state index in [1.54, 1.807) is 87.0 Å². The summed E-state index contributed by atoms with van der Waals surface area (Å²) in [6.45, 7) is 0. The summed E-state index contributed by atoms with van der Waals surface area (Å²) in [6.07, 6.45) is 0. The standard InChI is InChI=1S/C16H12ClN3O2.C16H11ClN2O3/c1-22-10-7-5-9(6-8-10)16-19-13-11(3-2-4-12(13)17)14(20-16)15(18)21;1-22-10-7-5-9(6-8-10)15-18-13-11(3-2-4-12(13)17)14(19-15)16(20)21/h2-8H,1H3,(H2,18,21);2-8H,1H3,(H,20,21). The number of aromatic nitrogens is 4. The van der Waals surface area contributed by atoms with E-state index in [0.29, 0.717) is 54.8 Å². The van der Waals surface area contributed by atoms with Crippen molar-refractivity contribution in [1.82, 2.24) is 19.9 Å². The summed E-state index contributed by atoms with van der Waals surface area (Å²) < 4.78 is 10.2. The Morgan fingerprint density at radius 3 is 1.43 bits per heavy atom. The fourth-order valence-corrected chi connectivity index (χ4v) is 4.76. The summed E-state index contributed by atoms with van der Waals surface area (Å²) in [7, 11) is 3.16. The van der Waals surface area contributed by atoms with Crippen LogP contribution in [0.5, 0.6) is 11.5 Å². The Balaban J connectivity index is 0.000000175. The molecule has 0 saturated carbocycles. The largest absolute Gasteiger partial charge is 0.497 e. The highest BCUT2D eigenvalue weighted by Crippen LogP contribution is 2.29. The zero-order valence-electron chi connectivity index (χ0n) is 23.3. The zero-order chi connectivity index (χ0) is 31.4. The van der Waals surface area contributed by atoms with Crippen molar-refractivity contribution in [2.24, 2.45) is 5.73 Å². The van der Waals surface area contributed by atoms with E-state index in [2.05, 4.69) is 19.9 Å². The molecule has 6 rings (SSSR count). The average Bonchev–Trinajstić information content (AvgIpc) is 3.04. The van der Waals surface area contributed by atoms with E-state index in [1.807, 2.05) is 12.1 Å². The Labute approximate surface area is 261 Å². The maximum Gasteiger partial charge on any atom is 0.355 e. The molecule has 2 heterocycles. The Morgan fingerprint density at radius 2 is 1.05 bits per heavy atom. The van der Waals surface area contributed by atoms with E-state index >= 15 is 0 Å². The molecule has 4 aromatic carbocycles. The van der Waals surface area contributed by atoms with Gasteiger partial charge < -0.3 is 20.3 Å². The number of fused-ring (bicyclic) bond motifs is 2. The third-order valence-electron chi connectivity index (χ3n) is 6.49. The first-order valence-electron chi connectivity index (χ1n) is 12.9. The summed E-state index contributed by atoms with van der Waals surface area (Å²) in [5.41, 5.74) is 7.85. The number of rotatable bonds is 6. The number of primary amides is 1. The molecule has 0 fully saturated rings. The van der Waals surface area contributed by atoms with Gasteiger partial charge in [-0.3, -0.25) is 4.79 Å². The molecule has 10 nitrogen and oxygen atoms in total. The number of carboxylic acid groups (broad SMARTS) is 1. The van der Waals surface area contributed by atoms with Gasteiger partial charge in [-0.15, -0.1) is 0 Å². The second-order valence-electron chi connectivity index (χ2n) is 9.19. The van der Waals surface area contributed by atoms with Gasteiger partial charge in [0.2, 0.25) is 0 Å². The van der Waals surface area contributed by atoms with Crippen LogP contribution in [0.3, 0.4) is 0 Å².